The highest BCUT2D eigenvalue weighted by atomic mass is 14.3. The van der Waals surface area contributed by atoms with E-state index in [9.17, 15) is 0 Å². The Kier molecular flexibility index (Phi) is 1.49. The zero-order chi connectivity index (χ0) is 7.84. The molecule has 57 valence electrons. The Hall–Kier alpha value is -0.780. The molecule has 1 aromatic rings. The highest BCUT2D eigenvalue weighted by Gasteiger charge is 2.23. The van der Waals surface area contributed by atoms with Crippen LogP contribution in [0.25, 0.3) is 0 Å². The Morgan fingerprint density at radius 2 is 1.73 bits per heavy atom. The van der Waals surface area contributed by atoms with Crippen LogP contribution >= 0.6 is 0 Å². The molecule has 0 nitrogen and oxygen atoms in total. The minimum atomic E-state index is 0.877. The second-order valence-electron chi connectivity index (χ2n) is 3.55. The molecule has 0 amide bonds. The molecule has 0 saturated heterocycles. The molecule has 1 aliphatic rings. The van der Waals surface area contributed by atoms with E-state index < -0.39 is 0 Å². The van der Waals surface area contributed by atoms with E-state index in [2.05, 4.69) is 32.0 Å². The molecule has 0 heteroatoms. The molecule has 1 fully saturated rings. The maximum absolute atomic E-state index is 3.29. The molecule has 0 unspecified atom stereocenters. The van der Waals surface area contributed by atoms with Crippen molar-refractivity contribution in [1.82, 2.24) is 0 Å². The summed E-state index contributed by atoms with van der Waals surface area (Å²) in [5, 5.41) is 0. The largest absolute Gasteiger partial charge is 0.0552 e. The van der Waals surface area contributed by atoms with Crippen LogP contribution in [0.3, 0.4) is 0 Å². The quantitative estimate of drug-likeness (QED) is 0.570. The van der Waals surface area contributed by atoms with Gasteiger partial charge in [0.25, 0.3) is 0 Å². The summed E-state index contributed by atoms with van der Waals surface area (Å²) in [4.78, 5) is 0. The van der Waals surface area contributed by atoms with E-state index in [0.29, 0.717) is 0 Å². The van der Waals surface area contributed by atoms with Crippen LogP contribution < -0.4 is 0 Å². The lowest BCUT2D eigenvalue weighted by atomic mass is 10.0. The van der Waals surface area contributed by atoms with Gasteiger partial charge in [-0.3, -0.25) is 0 Å². The van der Waals surface area contributed by atoms with Gasteiger partial charge in [-0.15, -0.1) is 0 Å². The van der Waals surface area contributed by atoms with Gasteiger partial charge in [0.1, 0.15) is 0 Å². The molecule has 1 aromatic carbocycles. The summed E-state index contributed by atoms with van der Waals surface area (Å²) in [6.45, 7) is 4.25. The van der Waals surface area contributed by atoms with Crippen molar-refractivity contribution < 1.29 is 0 Å². The molecule has 0 heterocycles. The van der Waals surface area contributed by atoms with Crippen molar-refractivity contribution in [2.75, 3.05) is 0 Å². The van der Waals surface area contributed by atoms with Gasteiger partial charge in [0, 0.05) is 0 Å². The van der Waals surface area contributed by atoms with Gasteiger partial charge in [-0.1, -0.05) is 12.1 Å². The highest BCUT2D eigenvalue weighted by Crippen LogP contribution is 2.40. The summed E-state index contributed by atoms with van der Waals surface area (Å²) in [6, 6.07) is 7.83. The second kappa shape index (κ2) is 2.37. The van der Waals surface area contributed by atoms with Crippen LogP contribution in [0.2, 0.25) is 0 Å². The van der Waals surface area contributed by atoms with Crippen molar-refractivity contribution in [3.8, 4) is 0 Å². The summed E-state index contributed by atoms with van der Waals surface area (Å²) < 4.78 is 0. The lowest BCUT2D eigenvalue weighted by Crippen LogP contribution is -1.84. The molecule has 11 heavy (non-hydrogen) atoms. The predicted octanol–water partition coefficient (Wildman–Crippen LogP) is 2.98. The Morgan fingerprint density at radius 3 is 2.18 bits per heavy atom. The molecule has 0 N–H and O–H groups in total. The molecule has 0 aromatic heterocycles. The van der Waals surface area contributed by atoms with Crippen molar-refractivity contribution in [2.45, 2.75) is 32.6 Å². The number of hydrogen-bond donors (Lipinski definition) is 0. The normalized spacial score (nSPS) is 16.9. The van der Waals surface area contributed by atoms with Gasteiger partial charge in [-0.25, -0.2) is 0 Å². The Balaban J connectivity index is 2.39. The van der Waals surface area contributed by atoms with Crippen molar-refractivity contribution in [3.63, 3.8) is 0 Å². The molecule has 0 aliphatic heterocycles. The first-order chi connectivity index (χ1) is 5.25. The fourth-order valence-corrected chi connectivity index (χ4v) is 1.58. The van der Waals surface area contributed by atoms with Gasteiger partial charge in [0.15, 0.2) is 0 Å². The first-order valence-electron chi connectivity index (χ1n) is 4.26. The van der Waals surface area contributed by atoms with E-state index in [1.54, 1.807) is 0 Å². The number of rotatable bonds is 1. The van der Waals surface area contributed by atoms with Crippen LogP contribution in [0.4, 0.5) is 0 Å². The fourth-order valence-electron chi connectivity index (χ4n) is 1.58. The van der Waals surface area contributed by atoms with Crippen LogP contribution in [0.5, 0.6) is 0 Å². The maximum Gasteiger partial charge on any atom is -0.0120 e. The van der Waals surface area contributed by atoms with E-state index in [4.69, 9.17) is 0 Å². The number of benzene rings is 1. The van der Waals surface area contributed by atoms with Crippen molar-refractivity contribution in [1.29, 1.82) is 0 Å². The van der Waals surface area contributed by atoms with E-state index in [0.717, 1.165) is 5.92 Å². The summed E-state index contributed by atoms with van der Waals surface area (Å²) >= 11 is 0. The van der Waals surface area contributed by atoms with E-state index >= 15 is 0 Å². The molecule has 0 atom stereocenters. The summed E-state index contributed by atoms with van der Waals surface area (Å²) in [6.07, 6.45) is 2.78. The van der Waals surface area contributed by atoms with Crippen LogP contribution in [-0.4, -0.2) is 0 Å². The van der Waals surface area contributed by atoms with Crippen LogP contribution in [-0.2, 0) is 0 Å². The Morgan fingerprint density at radius 1 is 1.18 bits per heavy atom. The second-order valence-corrected chi connectivity index (χ2v) is 3.55. The average Bonchev–Trinajstić information content (AvgIpc) is 2.64. The van der Waals surface area contributed by atoms with E-state index in [1.165, 1.54) is 29.5 Å². The maximum atomic E-state index is 3.29. The van der Waals surface area contributed by atoms with Crippen LogP contribution in [0.1, 0.15) is 35.4 Å². The molecule has 0 spiro atoms. The van der Waals surface area contributed by atoms with Crippen LogP contribution in [0.15, 0.2) is 12.1 Å². The third-order valence-electron chi connectivity index (χ3n) is 2.21. The van der Waals surface area contributed by atoms with E-state index in [1.807, 2.05) is 0 Å². The lowest BCUT2D eigenvalue weighted by molar-refractivity contribution is 1.11. The smallest absolute Gasteiger partial charge is 0.0120 e. The van der Waals surface area contributed by atoms with Gasteiger partial charge >= 0.3 is 0 Å². The zero-order valence-electron chi connectivity index (χ0n) is 7.15. The topological polar surface area (TPSA) is 0 Å². The standard InChI is InChI=1S/C11H13/c1-8-5-9(2)7-11(6-8)10-3-4-10/h6-7,10H,3-4H2,1-2H3. The van der Waals surface area contributed by atoms with Gasteiger partial charge < -0.3 is 0 Å². The molecule has 1 aliphatic carbocycles. The third kappa shape index (κ3) is 1.45. The monoisotopic (exact) mass is 145 g/mol. The summed E-state index contributed by atoms with van der Waals surface area (Å²) in [5.74, 6) is 0.877. The first kappa shape index (κ1) is 6.90. The predicted molar refractivity (Wildman–Crippen MR) is 46.7 cm³/mol. The first-order valence-corrected chi connectivity index (χ1v) is 4.26. The highest BCUT2D eigenvalue weighted by molar-refractivity contribution is 5.31. The molecular formula is C11H13. The van der Waals surface area contributed by atoms with Gasteiger partial charge in [-0.05, 0) is 55.4 Å². The Labute approximate surface area is 68.3 Å². The Bertz CT molecular complexity index is 249. The SMILES string of the molecule is Cc1[c]c(C)cc(C2CC2)c1. The molecule has 1 radical (unpaired) electrons. The molecule has 0 bridgehead atoms. The number of aryl methyl sites for hydroxylation is 2. The molecule has 1 saturated carbocycles. The lowest BCUT2D eigenvalue weighted by Gasteiger charge is -2.01. The molecular weight excluding hydrogens is 132 g/mol. The van der Waals surface area contributed by atoms with Crippen molar-refractivity contribution >= 4 is 0 Å². The summed E-state index contributed by atoms with van der Waals surface area (Å²) in [5.41, 5.74) is 4.09. The van der Waals surface area contributed by atoms with Gasteiger partial charge in [0.2, 0.25) is 0 Å². The van der Waals surface area contributed by atoms with E-state index in [-0.39, 0.29) is 0 Å². The van der Waals surface area contributed by atoms with Gasteiger partial charge in [-0.2, -0.15) is 0 Å². The van der Waals surface area contributed by atoms with Crippen molar-refractivity contribution in [2.24, 2.45) is 0 Å². The summed E-state index contributed by atoms with van der Waals surface area (Å²) in [7, 11) is 0. The third-order valence-corrected chi connectivity index (χ3v) is 2.21. The van der Waals surface area contributed by atoms with Crippen molar-refractivity contribution in [3.05, 3.63) is 34.9 Å². The number of hydrogen-bond acceptors (Lipinski definition) is 0. The minimum Gasteiger partial charge on any atom is -0.0552 e. The minimum absolute atomic E-state index is 0.877. The average molecular weight is 145 g/mol. The zero-order valence-corrected chi connectivity index (χ0v) is 7.15. The fraction of sp³-hybridized carbons (Fsp3) is 0.455. The van der Waals surface area contributed by atoms with Gasteiger partial charge in [0.05, 0.1) is 0 Å². The van der Waals surface area contributed by atoms with Crippen LogP contribution in [0, 0.1) is 19.9 Å². The molecule has 2 rings (SSSR count).